The van der Waals surface area contributed by atoms with Gasteiger partial charge in [-0.15, -0.1) is 0 Å². The highest BCUT2D eigenvalue weighted by molar-refractivity contribution is 5.92. The van der Waals surface area contributed by atoms with E-state index in [9.17, 15) is 9.59 Å². The van der Waals surface area contributed by atoms with Crippen LogP contribution in [0.1, 0.15) is 41.4 Å². The van der Waals surface area contributed by atoms with Crippen molar-refractivity contribution in [3.05, 3.63) is 63.8 Å². The summed E-state index contributed by atoms with van der Waals surface area (Å²) >= 11 is 0. The van der Waals surface area contributed by atoms with Crippen LogP contribution < -0.4 is 16.2 Å². The number of carbonyl (C=O) groups is 1. The van der Waals surface area contributed by atoms with Crippen molar-refractivity contribution in [2.24, 2.45) is 0 Å². The maximum absolute atomic E-state index is 12.1. The molecule has 0 unspecified atom stereocenters. The van der Waals surface area contributed by atoms with Crippen molar-refractivity contribution in [2.75, 3.05) is 25.5 Å². The number of nitrogens with zero attached hydrogens (tertiary/aromatic N) is 3. The van der Waals surface area contributed by atoms with Crippen LogP contribution in [0.3, 0.4) is 0 Å². The van der Waals surface area contributed by atoms with Crippen LogP contribution in [0.25, 0.3) is 11.0 Å². The minimum atomic E-state index is -0.182. The van der Waals surface area contributed by atoms with E-state index in [1.54, 1.807) is 19.3 Å². The number of piperidine rings is 1. The number of pyridine rings is 3. The molecular weight excluding hydrogens is 392 g/mol. The third-order valence-corrected chi connectivity index (χ3v) is 5.79. The summed E-state index contributed by atoms with van der Waals surface area (Å²) in [6, 6.07) is 7.92. The number of hydrogen-bond acceptors (Lipinski definition) is 6. The van der Waals surface area contributed by atoms with E-state index in [0.717, 1.165) is 60.3 Å². The molecule has 3 aromatic rings. The van der Waals surface area contributed by atoms with Gasteiger partial charge in [0.25, 0.3) is 11.5 Å². The van der Waals surface area contributed by atoms with Gasteiger partial charge in [-0.1, -0.05) is 6.92 Å². The maximum Gasteiger partial charge on any atom is 0.269 e. The van der Waals surface area contributed by atoms with E-state index >= 15 is 0 Å². The highest BCUT2D eigenvalue weighted by Gasteiger charge is 2.19. The van der Waals surface area contributed by atoms with Crippen molar-refractivity contribution in [1.82, 2.24) is 25.2 Å². The molecule has 1 saturated heterocycles. The number of aromatic amines is 1. The van der Waals surface area contributed by atoms with Gasteiger partial charge in [0.2, 0.25) is 0 Å². The van der Waals surface area contributed by atoms with Crippen molar-refractivity contribution >= 4 is 22.6 Å². The Morgan fingerprint density at radius 1 is 1.19 bits per heavy atom. The lowest BCUT2D eigenvalue weighted by molar-refractivity contribution is 0.0958. The van der Waals surface area contributed by atoms with Crippen LogP contribution in [0.2, 0.25) is 0 Å². The van der Waals surface area contributed by atoms with Gasteiger partial charge in [-0.05, 0) is 49.1 Å². The molecule has 4 heterocycles. The molecule has 162 valence electrons. The summed E-state index contributed by atoms with van der Waals surface area (Å²) in [5.41, 5.74) is 4.81. The summed E-state index contributed by atoms with van der Waals surface area (Å²) in [6.07, 6.45) is 6.36. The van der Waals surface area contributed by atoms with Crippen molar-refractivity contribution < 1.29 is 4.79 Å². The number of likely N-dealkylation sites (tertiary alicyclic amines) is 1. The number of anilines is 1. The van der Waals surface area contributed by atoms with Crippen molar-refractivity contribution in [2.45, 2.75) is 38.8 Å². The molecule has 0 spiro atoms. The van der Waals surface area contributed by atoms with Gasteiger partial charge < -0.3 is 15.6 Å². The zero-order chi connectivity index (χ0) is 21.8. The Morgan fingerprint density at radius 2 is 2.00 bits per heavy atom. The minimum absolute atomic E-state index is 0.0290. The fraction of sp³-hybridized carbons (Fsp3) is 0.391. The standard InChI is InChI=1S/C23H28N6O2/c1-3-16-11-20-21(28-22(16)30)10-15(12-25-20)14-29-8-6-17(7-9-29)27-18-4-5-19(26-13-18)23(31)24-2/h4-5,10-13,17,27H,3,6-9,14H2,1-2H3,(H,24,31)(H,28,30). The first-order valence-electron chi connectivity index (χ1n) is 10.7. The van der Waals surface area contributed by atoms with Crippen LogP contribution in [0.5, 0.6) is 0 Å². The van der Waals surface area contributed by atoms with E-state index in [-0.39, 0.29) is 11.5 Å². The van der Waals surface area contributed by atoms with Gasteiger partial charge in [-0.25, -0.2) is 4.98 Å². The second-order valence-electron chi connectivity index (χ2n) is 7.96. The third-order valence-electron chi connectivity index (χ3n) is 5.79. The number of aryl methyl sites for hydroxylation is 1. The predicted octanol–water partition coefficient (Wildman–Crippen LogP) is 2.32. The normalized spacial score (nSPS) is 15.2. The highest BCUT2D eigenvalue weighted by atomic mass is 16.1. The molecule has 1 aliphatic heterocycles. The van der Waals surface area contributed by atoms with Crippen LogP contribution >= 0.6 is 0 Å². The third kappa shape index (κ3) is 4.91. The highest BCUT2D eigenvalue weighted by Crippen LogP contribution is 2.19. The smallest absolute Gasteiger partial charge is 0.269 e. The van der Waals surface area contributed by atoms with Crippen molar-refractivity contribution in [1.29, 1.82) is 0 Å². The van der Waals surface area contributed by atoms with E-state index in [2.05, 4.69) is 30.5 Å². The van der Waals surface area contributed by atoms with Gasteiger partial charge in [0, 0.05) is 44.5 Å². The topological polar surface area (TPSA) is 103 Å². The molecule has 4 rings (SSSR count). The quantitative estimate of drug-likeness (QED) is 0.566. The maximum atomic E-state index is 12.1. The number of fused-ring (bicyclic) bond motifs is 1. The number of amides is 1. The van der Waals surface area contributed by atoms with Gasteiger partial charge in [0.15, 0.2) is 0 Å². The predicted molar refractivity (Wildman–Crippen MR) is 121 cm³/mol. The number of carbonyl (C=O) groups excluding carboxylic acids is 1. The lowest BCUT2D eigenvalue weighted by Gasteiger charge is -2.32. The van der Waals surface area contributed by atoms with E-state index in [1.165, 1.54) is 0 Å². The van der Waals surface area contributed by atoms with Gasteiger partial charge in [-0.3, -0.25) is 19.5 Å². The molecule has 31 heavy (non-hydrogen) atoms. The molecule has 0 aliphatic carbocycles. The van der Waals surface area contributed by atoms with E-state index < -0.39 is 0 Å². The summed E-state index contributed by atoms with van der Waals surface area (Å²) in [6.45, 7) is 4.74. The second kappa shape index (κ2) is 9.26. The molecule has 8 nitrogen and oxygen atoms in total. The second-order valence-corrected chi connectivity index (χ2v) is 7.96. The molecule has 0 aromatic carbocycles. The number of rotatable bonds is 6. The largest absolute Gasteiger partial charge is 0.381 e. The molecule has 1 aliphatic rings. The Kier molecular flexibility index (Phi) is 6.27. The van der Waals surface area contributed by atoms with Crippen molar-refractivity contribution in [3.63, 3.8) is 0 Å². The number of hydrogen-bond donors (Lipinski definition) is 3. The molecule has 0 bridgehead atoms. The minimum Gasteiger partial charge on any atom is -0.381 e. The average Bonchev–Trinajstić information content (AvgIpc) is 2.80. The fourth-order valence-electron chi connectivity index (χ4n) is 3.99. The monoisotopic (exact) mass is 420 g/mol. The molecule has 1 fully saturated rings. The molecule has 0 saturated carbocycles. The van der Waals surface area contributed by atoms with Gasteiger partial charge in [-0.2, -0.15) is 0 Å². The summed E-state index contributed by atoms with van der Waals surface area (Å²) in [4.78, 5) is 37.8. The van der Waals surface area contributed by atoms with Crippen LogP contribution in [0.4, 0.5) is 5.69 Å². The van der Waals surface area contributed by atoms with E-state index in [0.29, 0.717) is 18.2 Å². The van der Waals surface area contributed by atoms with Gasteiger partial charge >= 0.3 is 0 Å². The number of aromatic nitrogens is 3. The molecule has 1 amide bonds. The van der Waals surface area contributed by atoms with E-state index in [4.69, 9.17) is 0 Å². The summed E-state index contributed by atoms with van der Waals surface area (Å²) in [5.74, 6) is -0.182. The molecular formula is C23H28N6O2. The van der Waals surface area contributed by atoms with E-state index in [1.807, 2.05) is 31.3 Å². The van der Waals surface area contributed by atoms with Crippen molar-refractivity contribution in [3.8, 4) is 0 Å². The fourth-order valence-corrected chi connectivity index (χ4v) is 3.99. The Labute approximate surface area is 181 Å². The summed E-state index contributed by atoms with van der Waals surface area (Å²) in [5, 5.41) is 6.09. The van der Waals surface area contributed by atoms with Crippen LogP contribution in [0.15, 0.2) is 41.5 Å². The summed E-state index contributed by atoms with van der Waals surface area (Å²) in [7, 11) is 1.60. The summed E-state index contributed by atoms with van der Waals surface area (Å²) < 4.78 is 0. The van der Waals surface area contributed by atoms with Crippen LogP contribution in [-0.4, -0.2) is 51.9 Å². The molecule has 0 radical (unpaired) electrons. The lowest BCUT2D eigenvalue weighted by Crippen LogP contribution is -2.38. The Bertz CT molecular complexity index is 1120. The molecule has 3 aromatic heterocycles. The first-order valence-corrected chi connectivity index (χ1v) is 10.7. The number of H-pyrrole nitrogens is 1. The Balaban J connectivity index is 1.33. The first-order chi connectivity index (χ1) is 15.1. The molecule has 3 N–H and O–H groups in total. The lowest BCUT2D eigenvalue weighted by atomic mass is 10.0. The Hall–Kier alpha value is -3.26. The Morgan fingerprint density at radius 3 is 2.68 bits per heavy atom. The SMILES string of the molecule is CCc1cc2ncc(CN3CCC(Nc4ccc(C(=O)NC)nc4)CC3)cc2[nH]c1=O. The number of nitrogens with one attached hydrogen (secondary N) is 3. The van der Waals surface area contributed by atoms with Gasteiger partial charge in [0.1, 0.15) is 5.69 Å². The average molecular weight is 421 g/mol. The first kappa shape index (κ1) is 21.0. The zero-order valence-electron chi connectivity index (χ0n) is 17.9. The molecule has 0 atom stereocenters. The van der Waals surface area contributed by atoms with Crippen LogP contribution in [0, 0.1) is 0 Å². The van der Waals surface area contributed by atoms with Gasteiger partial charge in [0.05, 0.1) is 22.9 Å². The zero-order valence-corrected chi connectivity index (χ0v) is 17.9. The molecule has 8 heteroatoms. The van der Waals surface area contributed by atoms with Crippen LogP contribution in [-0.2, 0) is 13.0 Å².